The number of carbonyl (C=O) groups is 2. The second-order valence-electron chi connectivity index (χ2n) is 14.0. The summed E-state index contributed by atoms with van der Waals surface area (Å²) < 4.78 is 60.8. The van der Waals surface area contributed by atoms with Gasteiger partial charge in [0.05, 0.1) is 17.5 Å². The number of carbonyl (C=O) groups excluding carboxylic acids is 2. The van der Waals surface area contributed by atoms with Crippen molar-refractivity contribution < 1.29 is 31.9 Å². The summed E-state index contributed by atoms with van der Waals surface area (Å²) in [6.45, 7) is 4.72. The Morgan fingerprint density at radius 1 is 1.00 bits per heavy atom. The molecular weight excluding hydrogens is 692 g/mol. The standard InChI is InChI=1S/C35H37ClF4N8O3/c1-34(2,3)16-25-30(50)47(33(41)46(25)22-10-7-20(8-11-22)28-42-13-6-14-43-28)26(18-51-27(49)17-35(4,5)31(37)38)21-9-12-24(36)23(15-21)29-44-19-45-48(29)32(39)40/h6-15,19,25-26,31-32,41H,16-18H2,1-5H3/t25-,26+/m0/s1. The molecule has 1 aliphatic rings. The highest BCUT2D eigenvalue weighted by atomic mass is 35.5. The Bertz CT molecular complexity index is 1880. The lowest BCUT2D eigenvalue weighted by Crippen LogP contribution is -2.39. The van der Waals surface area contributed by atoms with Gasteiger partial charge in [-0.1, -0.05) is 52.3 Å². The first-order valence-electron chi connectivity index (χ1n) is 16.0. The fourth-order valence-electron chi connectivity index (χ4n) is 5.72. The third-order valence-corrected chi connectivity index (χ3v) is 8.67. The summed E-state index contributed by atoms with van der Waals surface area (Å²) in [5.41, 5.74) is -0.556. The molecule has 5 rings (SSSR count). The number of halogens is 5. The van der Waals surface area contributed by atoms with Gasteiger partial charge >= 0.3 is 12.5 Å². The van der Waals surface area contributed by atoms with Crippen molar-refractivity contribution >= 4 is 35.1 Å². The van der Waals surface area contributed by atoms with Crippen LogP contribution in [0.1, 0.15) is 65.6 Å². The molecule has 0 bridgehead atoms. The van der Waals surface area contributed by atoms with Crippen molar-refractivity contribution in [1.29, 1.82) is 5.41 Å². The van der Waals surface area contributed by atoms with Gasteiger partial charge in [-0.25, -0.2) is 23.7 Å². The molecule has 0 saturated carbocycles. The molecule has 1 saturated heterocycles. The summed E-state index contributed by atoms with van der Waals surface area (Å²) >= 11 is 6.45. The molecule has 2 atom stereocenters. The zero-order valence-electron chi connectivity index (χ0n) is 28.5. The van der Waals surface area contributed by atoms with Gasteiger partial charge in [-0.15, -0.1) is 0 Å². The maximum absolute atomic E-state index is 14.5. The molecule has 270 valence electrons. The van der Waals surface area contributed by atoms with Crippen LogP contribution in [0.3, 0.4) is 0 Å². The minimum atomic E-state index is -3.04. The number of hydrogen-bond acceptors (Lipinski definition) is 8. The monoisotopic (exact) mass is 728 g/mol. The maximum Gasteiger partial charge on any atom is 0.335 e. The Labute approximate surface area is 297 Å². The normalized spacial score (nSPS) is 16.0. The first kappa shape index (κ1) is 37.3. The second kappa shape index (κ2) is 14.7. The van der Waals surface area contributed by atoms with Crippen molar-refractivity contribution in [3.05, 3.63) is 77.8 Å². The van der Waals surface area contributed by atoms with E-state index in [2.05, 4.69) is 20.1 Å². The molecule has 51 heavy (non-hydrogen) atoms. The predicted octanol–water partition coefficient (Wildman–Crippen LogP) is 7.80. The highest BCUT2D eigenvalue weighted by Gasteiger charge is 2.48. The highest BCUT2D eigenvalue weighted by molar-refractivity contribution is 6.33. The number of nitrogens with one attached hydrogen (secondary N) is 1. The molecule has 0 spiro atoms. The summed E-state index contributed by atoms with van der Waals surface area (Å²) in [6, 6.07) is 11.0. The van der Waals surface area contributed by atoms with Crippen molar-refractivity contribution in [1.82, 2.24) is 29.6 Å². The third kappa shape index (κ3) is 8.19. The summed E-state index contributed by atoms with van der Waals surface area (Å²) in [7, 11) is 0. The Balaban J connectivity index is 1.58. The molecule has 2 aromatic carbocycles. The predicted molar refractivity (Wildman–Crippen MR) is 182 cm³/mol. The number of aromatic nitrogens is 5. The van der Waals surface area contributed by atoms with Gasteiger partial charge in [-0.05, 0) is 59.9 Å². The van der Waals surface area contributed by atoms with Gasteiger partial charge in [0.15, 0.2) is 11.6 Å². The van der Waals surface area contributed by atoms with E-state index in [1.54, 1.807) is 47.6 Å². The van der Waals surface area contributed by atoms with Gasteiger partial charge in [0.1, 0.15) is 19.0 Å². The van der Waals surface area contributed by atoms with E-state index in [1.807, 2.05) is 20.8 Å². The molecule has 0 aliphatic carbocycles. The van der Waals surface area contributed by atoms with Crippen LogP contribution in [0, 0.1) is 16.2 Å². The number of anilines is 1. The fraction of sp³-hybridized carbons (Fsp3) is 0.400. The lowest BCUT2D eigenvalue weighted by molar-refractivity contribution is -0.151. The molecule has 2 aromatic heterocycles. The first-order valence-corrected chi connectivity index (χ1v) is 16.4. The zero-order chi connectivity index (χ0) is 37.2. The average Bonchev–Trinajstić information content (AvgIpc) is 3.64. The number of nitrogens with zero attached hydrogens (tertiary/aromatic N) is 7. The van der Waals surface area contributed by atoms with Crippen molar-refractivity contribution in [3.8, 4) is 22.8 Å². The Morgan fingerprint density at radius 3 is 2.27 bits per heavy atom. The lowest BCUT2D eigenvalue weighted by atomic mass is 9.87. The van der Waals surface area contributed by atoms with Crippen LogP contribution in [0.25, 0.3) is 22.8 Å². The Morgan fingerprint density at radius 2 is 1.67 bits per heavy atom. The van der Waals surface area contributed by atoms with E-state index >= 15 is 0 Å². The number of esters is 1. The molecule has 4 aromatic rings. The van der Waals surface area contributed by atoms with E-state index in [9.17, 15) is 32.6 Å². The van der Waals surface area contributed by atoms with Gasteiger partial charge in [-0.3, -0.25) is 24.8 Å². The van der Waals surface area contributed by atoms with Gasteiger partial charge in [0, 0.05) is 34.6 Å². The van der Waals surface area contributed by atoms with Gasteiger partial charge in [0.25, 0.3) is 5.91 Å². The molecule has 16 heteroatoms. The minimum Gasteiger partial charge on any atom is -0.463 e. The summed E-state index contributed by atoms with van der Waals surface area (Å²) in [5, 5.41) is 13.0. The number of alkyl halides is 4. The Hall–Kier alpha value is -4.92. The van der Waals surface area contributed by atoms with Crippen LogP contribution in [-0.2, 0) is 14.3 Å². The largest absolute Gasteiger partial charge is 0.463 e. The maximum atomic E-state index is 14.5. The second-order valence-corrected chi connectivity index (χ2v) is 14.4. The number of benzene rings is 2. The molecule has 1 aliphatic heterocycles. The SMILES string of the molecule is CC(C)(C)C[C@H]1C(=O)N([C@H](COC(=O)CC(C)(C)C(F)F)c2ccc(Cl)c(-c3ncnn3C(F)F)c2)C(=N)N1c1ccc(-c2ncccn2)cc1. The van der Waals surface area contributed by atoms with Crippen LogP contribution in [0.15, 0.2) is 67.3 Å². The molecular formula is C35H37ClF4N8O3. The van der Waals surface area contributed by atoms with E-state index in [0.29, 0.717) is 28.2 Å². The van der Waals surface area contributed by atoms with Crippen LogP contribution in [0.4, 0.5) is 23.2 Å². The highest BCUT2D eigenvalue weighted by Crippen LogP contribution is 2.40. The van der Waals surface area contributed by atoms with Crippen LogP contribution in [-0.4, -0.2) is 66.5 Å². The smallest absolute Gasteiger partial charge is 0.335 e. The molecule has 1 N–H and O–H groups in total. The number of rotatable bonds is 12. The van der Waals surface area contributed by atoms with E-state index in [-0.39, 0.29) is 33.3 Å². The van der Waals surface area contributed by atoms with E-state index in [0.717, 1.165) is 6.33 Å². The lowest BCUT2D eigenvalue weighted by Gasteiger charge is -2.30. The summed E-state index contributed by atoms with van der Waals surface area (Å²) in [4.78, 5) is 42.7. The van der Waals surface area contributed by atoms with Crippen LogP contribution in [0.5, 0.6) is 0 Å². The van der Waals surface area contributed by atoms with Crippen molar-refractivity contribution in [3.63, 3.8) is 0 Å². The molecule has 0 unspecified atom stereocenters. The molecule has 3 heterocycles. The average molecular weight is 729 g/mol. The molecule has 11 nitrogen and oxygen atoms in total. The van der Waals surface area contributed by atoms with Crippen LogP contribution < -0.4 is 4.90 Å². The van der Waals surface area contributed by atoms with E-state index in [4.69, 9.17) is 16.3 Å². The topological polar surface area (TPSA) is 130 Å². The number of hydrogen-bond donors (Lipinski definition) is 1. The van der Waals surface area contributed by atoms with Crippen molar-refractivity contribution in [2.45, 2.75) is 72.5 Å². The van der Waals surface area contributed by atoms with Gasteiger partial charge < -0.3 is 4.74 Å². The van der Waals surface area contributed by atoms with Crippen molar-refractivity contribution in [2.24, 2.45) is 10.8 Å². The van der Waals surface area contributed by atoms with Crippen LogP contribution in [0.2, 0.25) is 5.02 Å². The van der Waals surface area contributed by atoms with E-state index in [1.165, 1.54) is 36.9 Å². The quantitative estimate of drug-likeness (QED) is 0.116. The fourth-order valence-corrected chi connectivity index (χ4v) is 5.92. The third-order valence-electron chi connectivity index (χ3n) is 8.34. The van der Waals surface area contributed by atoms with E-state index < -0.39 is 55.4 Å². The molecule has 0 radical (unpaired) electrons. The van der Waals surface area contributed by atoms with Crippen molar-refractivity contribution in [2.75, 3.05) is 11.5 Å². The number of guanidine groups is 1. The number of ether oxygens (including phenoxy) is 1. The van der Waals surface area contributed by atoms with Gasteiger partial charge in [-0.2, -0.15) is 18.6 Å². The minimum absolute atomic E-state index is 0.0422. The first-order chi connectivity index (χ1) is 24.0. The molecule has 1 fully saturated rings. The Kier molecular flexibility index (Phi) is 10.8. The van der Waals surface area contributed by atoms with Gasteiger partial charge in [0.2, 0.25) is 12.4 Å². The zero-order valence-corrected chi connectivity index (χ0v) is 29.3. The summed E-state index contributed by atoms with van der Waals surface area (Å²) in [6.07, 6.45) is 1.05. The van der Waals surface area contributed by atoms with Crippen LogP contribution >= 0.6 is 11.6 Å². The molecule has 1 amide bonds. The summed E-state index contributed by atoms with van der Waals surface area (Å²) in [5.74, 6) is -1.46. The number of amides is 1.